The zero-order valence-electron chi connectivity index (χ0n) is 15.6. The molecule has 2 aromatic rings. The maximum Gasteiger partial charge on any atom is 0.317 e. The molecule has 142 valence electrons. The van der Waals surface area contributed by atoms with Crippen LogP contribution in [-0.4, -0.2) is 53.2 Å². The highest BCUT2D eigenvalue weighted by atomic mass is 19.1. The van der Waals surface area contributed by atoms with Crippen molar-refractivity contribution in [3.63, 3.8) is 0 Å². The molecule has 1 aliphatic heterocycles. The van der Waals surface area contributed by atoms with Crippen molar-refractivity contribution in [2.45, 2.75) is 32.7 Å². The predicted octanol–water partition coefficient (Wildman–Crippen LogP) is 2.93. The number of aliphatic carboxylic acids is 1. The van der Waals surface area contributed by atoms with E-state index in [4.69, 9.17) is 5.11 Å². The largest absolute Gasteiger partial charge is 0.480 e. The summed E-state index contributed by atoms with van der Waals surface area (Å²) in [4.78, 5) is 19.5. The lowest BCUT2D eigenvalue weighted by atomic mass is 9.99. The minimum atomic E-state index is -0.822. The van der Waals surface area contributed by atoms with Crippen molar-refractivity contribution in [1.29, 1.82) is 5.26 Å². The zero-order valence-corrected chi connectivity index (χ0v) is 15.6. The van der Waals surface area contributed by atoms with E-state index < -0.39 is 5.97 Å². The Morgan fingerprint density at radius 1 is 1.44 bits per heavy atom. The Bertz CT molecular complexity index is 901. The molecule has 1 fully saturated rings. The third-order valence-corrected chi connectivity index (χ3v) is 5.26. The van der Waals surface area contributed by atoms with Gasteiger partial charge in [0.2, 0.25) is 0 Å². The number of nitrogens with zero attached hydrogens (tertiary/aromatic N) is 4. The number of hydrogen-bond donors (Lipinski definition) is 1. The van der Waals surface area contributed by atoms with E-state index in [2.05, 4.69) is 16.0 Å². The van der Waals surface area contributed by atoms with Crippen molar-refractivity contribution >= 4 is 22.6 Å². The first-order chi connectivity index (χ1) is 12.9. The molecule has 0 atom stereocenters. The minimum Gasteiger partial charge on any atom is -0.480 e. The highest BCUT2D eigenvalue weighted by Gasteiger charge is 2.27. The molecule has 1 aromatic carbocycles. The molecule has 0 aliphatic carbocycles. The number of likely N-dealkylation sites (N-methyl/N-ethyl adjacent to an activating group) is 1. The first-order valence-corrected chi connectivity index (χ1v) is 9.14. The van der Waals surface area contributed by atoms with E-state index >= 15 is 0 Å². The van der Waals surface area contributed by atoms with Crippen LogP contribution in [0.25, 0.3) is 10.9 Å². The van der Waals surface area contributed by atoms with E-state index in [1.807, 2.05) is 18.7 Å². The molecular weight excluding hydrogens is 347 g/mol. The molecule has 2 heterocycles. The summed E-state index contributed by atoms with van der Waals surface area (Å²) >= 11 is 0. The second-order valence-electron chi connectivity index (χ2n) is 6.93. The average molecular weight is 370 g/mol. The lowest BCUT2D eigenvalue weighted by molar-refractivity contribution is -0.139. The van der Waals surface area contributed by atoms with E-state index in [1.54, 1.807) is 6.20 Å². The number of carboxylic acid groups (broad SMARTS) is 1. The van der Waals surface area contributed by atoms with Gasteiger partial charge in [-0.25, -0.2) is 4.39 Å². The van der Waals surface area contributed by atoms with Gasteiger partial charge in [-0.1, -0.05) is 6.92 Å². The maximum absolute atomic E-state index is 14.0. The van der Waals surface area contributed by atoms with Crippen molar-refractivity contribution in [3.8, 4) is 6.07 Å². The number of piperidine rings is 1. The van der Waals surface area contributed by atoms with Gasteiger partial charge in [-0.2, -0.15) is 5.26 Å². The molecule has 1 aromatic heterocycles. The van der Waals surface area contributed by atoms with Gasteiger partial charge in [0, 0.05) is 30.7 Å². The summed E-state index contributed by atoms with van der Waals surface area (Å²) in [6.07, 6.45) is 3.14. The summed E-state index contributed by atoms with van der Waals surface area (Å²) in [6, 6.07) is 5.27. The average Bonchev–Trinajstić information content (AvgIpc) is 2.65. The van der Waals surface area contributed by atoms with Gasteiger partial charge in [0.05, 0.1) is 23.3 Å². The highest BCUT2D eigenvalue weighted by Crippen LogP contribution is 2.33. The van der Waals surface area contributed by atoms with Gasteiger partial charge in [-0.05, 0) is 44.0 Å². The molecular formula is C20H23FN4O2. The Kier molecular flexibility index (Phi) is 5.57. The fraction of sp³-hybridized carbons (Fsp3) is 0.450. The molecule has 3 rings (SSSR count). The molecule has 27 heavy (non-hydrogen) atoms. The van der Waals surface area contributed by atoms with Crippen LogP contribution < -0.4 is 4.90 Å². The number of fused-ring (bicyclic) bond motifs is 1. The summed E-state index contributed by atoms with van der Waals surface area (Å²) in [5.74, 6) is -1.16. The molecule has 0 amide bonds. The van der Waals surface area contributed by atoms with E-state index in [-0.39, 0.29) is 18.4 Å². The summed E-state index contributed by atoms with van der Waals surface area (Å²) in [7, 11) is 0. The number of aryl methyl sites for hydroxylation is 1. The molecule has 0 radical (unpaired) electrons. The first kappa shape index (κ1) is 19.1. The van der Waals surface area contributed by atoms with Crippen molar-refractivity contribution < 1.29 is 14.3 Å². The summed E-state index contributed by atoms with van der Waals surface area (Å²) in [6.45, 7) is 5.86. The SMILES string of the molecule is CCN(CC(=O)O)C1CCN(c2c(C#N)cnc3c(C)cc(F)cc23)CC1. The lowest BCUT2D eigenvalue weighted by Crippen LogP contribution is -2.46. The summed E-state index contributed by atoms with van der Waals surface area (Å²) in [5, 5.41) is 19.3. The van der Waals surface area contributed by atoms with E-state index in [1.165, 1.54) is 12.1 Å². The van der Waals surface area contributed by atoms with Crippen LogP contribution >= 0.6 is 0 Å². The number of pyridine rings is 1. The van der Waals surface area contributed by atoms with Crippen LogP contribution in [0.3, 0.4) is 0 Å². The number of halogens is 1. The fourth-order valence-electron chi connectivity index (χ4n) is 3.97. The number of rotatable bonds is 5. The number of benzene rings is 1. The second kappa shape index (κ2) is 7.89. The van der Waals surface area contributed by atoms with Crippen molar-refractivity contribution in [2.24, 2.45) is 0 Å². The Morgan fingerprint density at radius 3 is 2.74 bits per heavy atom. The minimum absolute atomic E-state index is 0.0349. The van der Waals surface area contributed by atoms with Crippen LogP contribution in [0.15, 0.2) is 18.3 Å². The third-order valence-electron chi connectivity index (χ3n) is 5.26. The second-order valence-corrected chi connectivity index (χ2v) is 6.93. The maximum atomic E-state index is 14.0. The van der Waals surface area contributed by atoms with E-state index in [9.17, 15) is 14.4 Å². The Labute approximate surface area is 157 Å². The lowest BCUT2D eigenvalue weighted by Gasteiger charge is -2.39. The van der Waals surface area contributed by atoms with Crippen molar-refractivity contribution in [1.82, 2.24) is 9.88 Å². The van der Waals surface area contributed by atoms with Crippen molar-refractivity contribution in [3.05, 3.63) is 35.3 Å². The van der Waals surface area contributed by atoms with Crippen LogP contribution in [0.2, 0.25) is 0 Å². The quantitative estimate of drug-likeness (QED) is 0.872. The third kappa shape index (κ3) is 3.86. The number of carboxylic acids is 1. The monoisotopic (exact) mass is 370 g/mol. The fourth-order valence-corrected chi connectivity index (χ4v) is 3.97. The molecule has 0 bridgehead atoms. The van der Waals surface area contributed by atoms with Crippen LogP contribution in [-0.2, 0) is 4.79 Å². The summed E-state index contributed by atoms with van der Waals surface area (Å²) in [5.41, 5.74) is 2.60. The first-order valence-electron chi connectivity index (χ1n) is 9.14. The van der Waals surface area contributed by atoms with Crippen LogP contribution in [0, 0.1) is 24.1 Å². The number of anilines is 1. The normalized spacial score (nSPS) is 15.3. The molecule has 7 heteroatoms. The standard InChI is InChI=1S/C20H23FN4O2/c1-3-24(12-18(26)27)16-4-6-25(7-5-16)20-14(10-22)11-23-19-13(2)8-15(21)9-17(19)20/h8-9,11,16H,3-7,12H2,1-2H3,(H,26,27). The van der Waals surface area contributed by atoms with Gasteiger partial charge in [0.1, 0.15) is 11.9 Å². The van der Waals surface area contributed by atoms with Gasteiger partial charge < -0.3 is 10.0 Å². The molecule has 0 unspecified atom stereocenters. The van der Waals surface area contributed by atoms with Gasteiger partial charge in [-0.15, -0.1) is 0 Å². The van der Waals surface area contributed by atoms with Gasteiger partial charge in [0.15, 0.2) is 0 Å². The zero-order chi connectivity index (χ0) is 19.6. The van der Waals surface area contributed by atoms with Gasteiger partial charge >= 0.3 is 5.97 Å². The van der Waals surface area contributed by atoms with Crippen LogP contribution in [0.5, 0.6) is 0 Å². The Balaban J connectivity index is 1.91. The smallest absolute Gasteiger partial charge is 0.317 e. The molecule has 1 saturated heterocycles. The van der Waals surface area contributed by atoms with Crippen LogP contribution in [0.1, 0.15) is 30.9 Å². The molecule has 1 aliphatic rings. The number of aromatic nitrogens is 1. The summed E-state index contributed by atoms with van der Waals surface area (Å²) < 4.78 is 14.0. The molecule has 6 nitrogen and oxygen atoms in total. The number of nitriles is 1. The van der Waals surface area contributed by atoms with Gasteiger partial charge in [-0.3, -0.25) is 14.7 Å². The number of carbonyl (C=O) groups is 1. The van der Waals surface area contributed by atoms with Crippen molar-refractivity contribution in [2.75, 3.05) is 31.1 Å². The number of hydrogen-bond acceptors (Lipinski definition) is 5. The molecule has 1 N–H and O–H groups in total. The predicted molar refractivity (Wildman–Crippen MR) is 101 cm³/mol. The topological polar surface area (TPSA) is 80.5 Å². The van der Waals surface area contributed by atoms with E-state index in [0.29, 0.717) is 36.1 Å². The Morgan fingerprint density at radius 2 is 2.15 bits per heavy atom. The molecule has 0 spiro atoms. The van der Waals surface area contributed by atoms with Gasteiger partial charge in [0.25, 0.3) is 0 Å². The highest BCUT2D eigenvalue weighted by molar-refractivity contribution is 5.96. The molecule has 0 saturated carbocycles. The Hall–Kier alpha value is -2.72. The van der Waals surface area contributed by atoms with Crippen LogP contribution in [0.4, 0.5) is 10.1 Å². The van der Waals surface area contributed by atoms with E-state index in [0.717, 1.165) is 24.1 Å².